The molecule has 0 saturated heterocycles. The fraction of sp³-hybridized carbons (Fsp3) is 0.0455. The minimum absolute atomic E-state index is 0.970. The van der Waals surface area contributed by atoms with E-state index < -0.39 is 8.56 Å². The van der Waals surface area contributed by atoms with E-state index in [0.29, 0.717) is 0 Å². The van der Waals surface area contributed by atoms with Gasteiger partial charge in [0.2, 0.25) is 0 Å². The number of hydrogen-bond acceptors (Lipinski definition) is 3. The molecule has 29 heavy (non-hydrogen) atoms. The summed E-state index contributed by atoms with van der Waals surface area (Å²) in [4.78, 5) is 14.2. The molecule has 6 aromatic heterocycles. The zero-order chi connectivity index (χ0) is 19.4. The lowest BCUT2D eigenvalue weighted by molar-refractivity contribution is 0.933. The lowest BCUT2D eigenvalue weighted by atomic mass is 10.3. The van der Waals surface area contributed by atoms with Crippen molar-refractivity contribution < 1.29 is 0 Å². The molecule has 6 rings (SSSR count). The smallest absolute Gasteiger partial charge is 0.324 e. The third kappa shape index (κ3) is 2.19. The summed E-state index contributed by atoms with van der Waals surface area (Å²) in [5, 5.41) is 3.38. The molecule has 140 valence electrons. The molecule has 7 heteroatoms. The maximum Gasteiger partial charge on any atom is 0.392 e. The summed E-state index contributed by atoms with van der Waals surface area (Å²) < 4.78 is 6.97. The molecular formula is C22H18N6Si. The van der Waals surface area contributed by atoms with Crippen LogP contribution in [0.5, 0.6) is 0 Å². The van der Waals surface area contributed by atoms with Crippen molar-refractivity contribution in [1.82, 2.24) is 27.6 Å². The zero-order valence-corrected chi connectivity index (χ0v) is 16.8. The molecule has 6 aromatic rings. The molecular weight excluding hydrogens is 376 g/mol. The topological polar surface area (TPSA) is 53.5 Å². The van der Waals surface area contributed by atoms with E-state index in [1.54, 1.807) is 0 Å². The Bertz CT molecular complexity index is 1310. The van der Waals surface area contributed by atoms with Gasteiger partial charge in [0.25, 0.3) is 0 Å². The molecule has 6 nitrogen and oxygen atoms in total. The Hall–Kier alpha value is -3.71. The summed E-state index contributed by atoms with van der Waals surface area (Å²) in [5.41, 5.74) is 2.91. The first-order valence-electron chi connectivity index (χ1n) is 9.54. The summed E-state index contributed by atoms with van der Waals surface area (Å²) >= 11 is 0. The minimum atomic E-state index is -2.65. The molecule has 0 aromatic carbocycles. The van der Waals surface area contributed by atoms with Crippen LogP contribution in [0.25, 0.3) is 33.1 Å². The van der Waals surface area contributed by atoms with Crippen LogP contribution in [-0.4, -0.2) is 36.2 Å². The number of aromatic nitrogens is 6. The number of rotatable bonds is 3. The Morgan fingerprint density at radius 2 is 0.897 bits per heavy atom. The maximum absolute atomic E-state index is 4.72. The minimum Gasteiger partial charge on any atom is -0.324 e. The van der Waals surface area contributed by atoms with Gasteiger partial charge in [-0.25, -0.2) is 15.0 Å². The van der Waals surface area contributed by atoms with Gasteiger partial charge in [-0.15, -0.1) is 0 Å². The fourth-order valence-corrected chi connectivity index (χ4v) is 7.80. The van der Waals surface area contributed by atoms with Crippen molar-refractivity contribution in [2.24, 2.45) is 0 Å². The summed E-state index contributed by atoms with van der Waals surface area (Å²) in [6.07, 6.45) is 12.0. The van der Waals surface area contributed by atoms with E-state index in [1.807, 2.05) is 36.8 Å². The fourth-order valence-electron chi connectivity index (χ4n) is 4.27. The van der Waals surface area contributed by atoms with E-state index in [9.17, 15) is 0 Å². The molecule has 6 heterocycles. The van der Waals surface area contributed by atoms with Crippen LogP contribution in [0.3, 0.4) is 0 Å². The number of hydrogen-bond donors (Lipinski definition) is 0. The van der Waals surface area contributed by atoms with Crippen molar-refractivity contribution in [3.63, 3.8) is 0 Å². The summed E-state index contributed by atoms with van der Waals surface area (Å²) in [7, 11) is -2.65. The lowest BCUT2D eigenvalue weighted by Crippen LogP contribution is -2.54. The molecule has 0 atom stereocenters. The second kappa shape index (κ2) is 5.89. The van der Waals surface area contributed by atoms with Gasteiger partial charge in [0.05, 0.1) is 0 Å². The zero-order valence-electron chi connectivity index (χ0n) is 15.8. The van der Waals surface area contributed by atoms with Crippen molar-refractivity contribution in [2.75, 3.05) is 0 Å². The highest BCUT2D eigenvalue weighted by atomic mass is 28.4. The number of pyridine rings is 3. The first-order chi connectivity index (χ1) is 14.3. The van der Waals surface area contributed by atoms with E-state index in [-0.39, 0.29) is 0 Å². The monoisotopic (exact) mass is 394 g/mol. The van der Waals surface area contributed by atoms with Crippen LogP contribution >= 0.6 is 0 Å². The largest absolute Gasteiger partial charge is 0.392 e. The van der Waals surface area contributed by atoms with E-state index in [4.69, 9.17) is 15.0 Å². The van der Waals surface area contributed by atoms with Gasteiger partial charge in [-0.3, -0.25) is 0 Å². The Kier molecular flexibility index (Phi) is 3.30. The van der Waals surface area contributed by atoms with Crippen LogP contribution < -0.4 is 0 Å². The molecule has 0 bridgehead atoms. The second-order valence-electron chi connectivity index (χ2n) is 7.28. The average molecular weight is 395 g/mol. The Morgan fingerprint density at radius 1 is 0.552 bits per heavy atom. The molecule has 0 saturated carbocycles. The second-order valence-corrected chi connectivity index (χ2v) is 10.7. The van der Waals surface area contributed by atoms with Crippen LogP contribution in [0.1, 0.15) is 0 Å². The summed E-state index contributed by atoms with van der Waals surface area (Å²) in [5.74, 6) is 0. The Morgan fingerprint density at radius 3 is 1.24 bits per heavy atom. The summed E-state index contributed by atoms with van der Waals surface area (Å²) in [6.45, 7) is 2.31. The number of fused-ring (bicyclic) bond motifs is 3. The van der Waals surface area contributed by atoms with E-state index in [2.05, 4.69) is 74.2 Å². The standard InChI is InChI=1S/C22H18N6Si/c1-29(26-14-8-17-5-2-11-23-20(17)26,27-15-9-18-6-3-12-24-21(18)27)28-16-10-19-7-4-13-25-22(19)28/h2-16H,1H3. The van der Waals surface area contributed by atoms with Gasteiger partial charge in [0.15, 0.2) is 0 Å². The van der Waals surface area contributed by atoms with Crippen molar-refractivity contribution >= 4 is 41.7 Å². The lowest BCUT2D eigenvalue weighted by Gasteiger charge is -2.32. The van der Waals surface area contributed by atoms with Gasteiger partial charge in [-0.1, -0.05) is 0 Å². The first kappa shape index (κ1) is 16.3. The van der Waals surface area contributed by atoms with E-state index in [0.717, 1.165) is 33.1 Å². The van der Waals surface area contributed by atoms with E-state index in [1.165, 1.54) is 0 Å². The molecule has 0 radical (unpaired) electrons. The molecule has 0 amide bonds. The van der Waals surface area contributed by atoms with Gasteiger partial charge in [-0.05, 0) is 61.1 Å². The van der Waals surface area contributed by atoms with Crippen LogP contribution in [0.4, 0.5) is 0 Å². The molecule has 0 fully saturated rings. The normalized spacial score (nSPS) is 12.3. The van der Waals surface area contributed by atoms with Gasteiger partial charge in [-0.2, -0.15) is 0 Å². The molecule has 0 aliphatic heterocycles. The Balaban J connectivity index is 1.76. The van der Waals surface area contributed by atoms with Gasteiger partial charge in [0, 0.05) is 53.3 Å². The van der Waals surface area contributed by atoms with Crippen LogP contribution in [0.2, 0.25) is 6.55 Å². The molecule has 0 N–H and O–H groups in total. The highest BCUT2D eigenvalue weighted by Gasteiger charge is 2.40. The van der Waals surface area contributed by atoms with Crippen LogP contribution in [0.15, 0.2) is 91.8 Å². The SMILES string of the molecule is C[Si](n1ccc2cccnc21)(n1ccc2cccnc21)n1ccc2cccnc21. The Labute approximate surface area is 167 Å². The third-order valence-corrected chi connectivity index (χ3v) is 9.53. The molecule has 0 unspecified atom stereocenters. The van der Waals surface area contributed by atoms with Crippen LogP contribution in [0, 0.1) is 0 Å². The van der Waals surface area contributed by atoms with Crippen LogP contribution in [-0.2, 0) is 0 Å². The van der Waals surface area contributed by atoms with Gasteiger partial charge >= 0.3 is 8.56 Å². The van der Waals surface area contributed by atoms with Gasteiger partial charge < -0.3 is 12.7 Å². The highest BCUT2D eigenvalue weighted by molar-refractivity contribution is 6.76. The quantitative estimate of drug-likeness (QED) is 0.422. The first-order valence-corrected chi connectivity index (χ1v) is 11.9. The molecule has 0 aliphatic rings. The highest BCUT2D eigenvalue weighted by Crippen LogP contribution is 2.28. The third-order valence-electron chi connectivity index (χ3n) is 5.71. The molecule has 0 aliphatic carbocycles. The van der Waals surface area contributed by atoms with Crippen molar-refractivity contribution in [2.45, 2.75) is 6.55 Å². The van der Waals surface area contributed by atoms with Gasteiger partial charge in [0.1, 0.15) is 16.9 Å². The number of nitrogens with zero attached hydrogens (tertiary/aromatic N) is 6. The average Bonchev–Trinajstić information content (AvgIpc) is 3.49. The van der Waals surface area contributed by atoms with E-state index >= 15 is 0 Å². The predicted molar refractivity (Wildman–Crippen MR) is 117 cm³/mol. The van der Waals surface area contributed by atoms with Crippen molar-refractivity contribution in [3.8, 4) is 0 Å². The predicted octanol–water partition coefficient (Wildman–Crippen LogP) is 4.25. The van der Waals surface area contributed by atoms with Crippen molar-refractivity contribution in [1.29, 1.82) is 0 Å². The maximum atomic E-state index is 4.72. The molecule has 0 spiro atoms. The van der Waals surface area contributed by atoms with Crippen molar-refractivity contribution in [3.05, 3.63) is 91.8 Å². The summed E-state index contributed by atoms with van der Waals surface area (Å²) in [6, 6.07) is 18.6.